The molecule has 3 atom stereocenters. The third-order valence-electron chi connectivity index (χ3n) is 7.90. The van der Waals surface area contributed by atoms with Gasteiger partial charge in [-0.2, -0.15) is 0 Å². The van der Waals surface area contributed by atoms with Crippen LogP contribution in [0.15, 0.2) is 84.9 Å². The Bertz CT molecular complexity index is 990. The second-order valence-corrected chi connectivity index (χ2v) is 10.4. The zero-order valence-corrected chi connectivity index (χ0v) is 20.2. The Balaban J connectivity index is 1.34. The molecule has 0 amide bonds. The van der Waals surface area contributed by atoms with E-state index >= 15 is 0 Å². The van der Waals surface area contributed by atoms with Crippen LogP contribution in [0.4, 0.5) is 5.69 Å². The molecule has 1 heterocycles. The van der Waals surface area contributed by atoms with Gasteiger partial charge in [0.25, 0.3) is 0 Å². The maximum absolute atomic E-state index is 2.78. The molecular weight excluding hydrogens is 400 g/mol. The van der Waals surface area contributed by atoms with Crippen LogP contribution in [0.5, 0.6) is 0 Å². The molecule has 0 saturated carbocycles. The molecule has 1 aliphatic heterocycles. The molecule has 33 heavy (non-hydrogen) atoms. The van der Waals surface area contributed by atoms with Crippen molar-refractivity contribution in [2.75, 3.05) is 18.0 Å². The highest BCUT2D eigenvalue weighted by molar-refractivity contribution is 5.49. The number of anilines is 1. The number of rotatable bonds is 7. The molecule has 2 nitrogen and oxygen atoms in total. The average Bonchev–Trinajstić information content (AvgIpc) is 3.26. The topological polar surface area (TPSA) is 6.48 Å². The van der Waals surface area contributed by atoms with Crippen molar-refractivity contribution >= 4 is 5.69 Å². The highest BCUT2D eigenvalue weighted by Crippen LogP contribution is 2.33. The SMILES string of the molecule is CC1CC(C)C(CCN(c2ccccc2)C2Cc3ccccc3C2)N(Cc2ccccc2)C1. The van der Waals surface area contributed by atoms with Crippen LogP contribution in [0, 0.1) is 11.8 Å². The fourth-order valence-electron chi connectivity index (χ4n) is 6.40. The molecule has 0 radical (unpaired) electrons. The molecule has 0 N–H and O–H groups in total. The molecule has 1 aliphatic carbocycles. The highest BCUT2D eigenvalue weighted by atomic mass is 15.2. The summed E-state index contributed by atoms with van der Waals surface area (Å²) in [7, 11) is 0. The molecule has 1 fully saturated rings. The van der Waals surface area contributed by atoms with E-state index in [0.29, 0.717) is 12.1 Å². The monoisotopic (exact) mass is 438 g/mol. The predicted octanol–water partition coefficient (Wildman–Crippen LogP) is 6.60. The van der Waals surface area contributed by atoms with Crippen molar-refractivity contribution in [2.24, 2.45) is 11.8 Å². The molecule has 2 aliphatic rings. The van der Waals surface area contributed by atoms with Crippen molar-refractivity contribution in [3.8, 4) is 0 Å². The number of hydrogen-bond donors (Lipinski definition) is 0. The van der Waals surface area contributed by atoms with Gasteiger partial charge in [0.05, 0.1) is 0 Å². The maximum atomic E-state index is 2.78. The summed E-state index contributed by atoms with van der Waals surface area (Å²) in [6, 6.07) is 32.4. The zero-order valence-electron chi connectivity index (χ0n) is 20.2. The minimum Gasteiger partial charge on any atom is -0.368 e. The molecule has 0 aromatic heterocycles. The smallest absolute Gasteiger partial charge is 0.0370 e. The van der Waals surface area contributed by atoms with Gasteiger partial charge in [-0.25, -0.2) is 0 Å². The Labute approximate surface area is 200 Å². The van der Waals surface area contributed by atoms with Crippen LogP contribution in [-0.2, 0) is 19.4 Å². The van der Waals surface area contributed by atoms with E-state index in [9.17, 15) is 0 Å². The van der Waals surface area contributed by atoms with E-state index in [4.69, 9.17) is 0 Å². The van der Waals surface area contributed by atoms with Crippen molar-refractivity contribution in [3.05, 3.63) is 102 Å². The standard InChI is InChI=1S/C31H38N2/c1-24-19-25(2)31(32(22-24)23-26-11-5-3-6-12-26)17-18-33(29-15-7-4-8-16-29)30-20-27-13-9-10-14-28(27)21-30/h3-16,24-25,30-31H,17-23H2,1-2H3. The minimum atomic E-state index is 0.560. The van der Waals surface area contributed by atoms with Crippen LogP contribution < -0.4 is 4.90 Å². The van der Waals surface area contributed by atoms with E-state index in [-0.39, 0.29) is 0 Å². The Morgan fingerprint density at radius 1 is 0.788 bits per heavy atom. The van der Waals surface area contributed by atoms with Gasteiger partial charge < -0.3 is 4.90 Å². The number of para-hydroxylation sites is 1. The number of likely N-dealkylation sites (tertiary alicyclic amines) is 1. The van der Waals surface area contributed by atoms with Gasteiger partial charge in [0.15, 0.2) is 0 Å². The summed E-state index contributed by atoms with van der Waals surface area (Å²) in [6.07, 6.45) is 4.89. The minimum absolute atomic E-state index is 0.560. The van der Waals surface area contributed by atoms with Gasteiger partial charge in [-0.3, -0.25) is 4.90 Å². The van der Waals surface area contributed by atoms with Gasteiger partial charge in [-0.05, 0) is 66.3 Å². The molecule has 0 spiro atoms. The van der Waals surface area contributed by atoms with E-state index in [1.54, 1.807) is 0 Å². The average molecular weight is 439 g/mol. The lowest BCUT2D eigenvalue weighted by molar-refractivity contribution is 0.0572. The number of piperidine rings is 1. The van der Waals surface area contributed by atoms with Crippen LogP contribution in [0.25, 0.3) is 0 Å². The number of hydrogen-bond acceptors (Lipinski definition) is 2. The normalized spacial score (nSPS) is 23.4. The number of benzene rings is 3. The summed E-state index contributed by atoms with van der Waals surface area (Å²) in [4.78, 5) is 5.49. The Hall–Kier alpha value is -2.58. The third kappa shape index (κ3) is 5.17. The van der Waals surface area contributed by atoms with Gasteiger partial charge in [-0.1, -0.05) is 86.6 Å². The zero-order chi connectivity index (χ0) is 22.6. The summed E-state index contributed by atoms with van der Waals surface area (Å²) in [5.41, 5.74) is 5.89. The fourth-order valence-corrected chi connectivity index (χ4v) is 6.40. The van der Waals surface area contributed by atoms with Crippen LogP contribution in [0.1, 0.15) is 43.4 Å². The van der Waals surface area contributed by atoms with Gasteiger partial charge >= 0.3 is 0 Å². The van der Waals surface area contributed by atoms with Crippen LogP contribution >= 0.6 is 0 Å². The second kappa shape index (κ2) is 10.1. The summed E-state index contributed by atoms with van der Waals surface area (Å²) < 4.78 is 0. The lowest BCUT2D eigenvalue weighted by Crippen LogP contribution is -2.49. The van der Waals surface area contributed by atoms with Crippen LogP contribution in [0.2, 0.25) is 0 Å². The van der Waals surface area contributed by atoms with E-state index < -0.39 is 0 Å². The van der Waals surface area contributed by atoms with Crippen molar-refractivity contribution in [2.45, 2.75) is 58.2 Å². The summed E-state index contributed by atoms with van der Waals surface area (Å²) in [5.74, 6) is 1.50. The van der Waals surface area contributed by atoms with Gasteiger partial charge in [0, 0.05) is 37.4 Å². The first-order valence-corrected chi connectivity index (χ1v) is 12.8. The quantitative estimate of drug-likeness (QED) is 0.410. The Morgan fingerprint density at radius 3 is 2.06 bits per heavy atom. The van der Waals surface area contributed by atoms with Gasteiger partial charge in [-0.15, -0.1) is 0 Å². The molecule has 1 saturated heterocycles. The predicted molar refractivity (Wildman–Crippen MR) is 140 cm³/mol. The largest absolute Gasteiger partial charge is 0.368 e. The summed E-state index contributed by atoms with van der Waals surface area (Å²) in [6.45, 7) is 8.31. The third-order valence-corrected chi connectivity index (χ3v) is 7.90. The van der Waals surface area contributed by atoms with Crippen molar-refractivity contribution in [1.29, 1.82) is 0 Å². The Morgan fingerprint density at radius 2 is 1.39 bits per heavy atom. The van der Waals surface area contributed by atoms with Crippen molar-refractivity contribution in [3.63, 3.8) is 0 Å². The molecule has 5 rings (SSSR count). The molecule has 3 aromatic carbocycles. The molecule has 2 heteroatoms. The van der Waals surface area contributed by atoms with E-state index in [2.05, 4.69) is 109 Å². The molecule has 172 valence electrons. The van der Waals surface area contributed by atoms with E-state index in [0.717, 1.165) is 37.8 Å². The second-order valence-electron chi connectivity index (χ2n) is 10.4. The first kappa shape index (κ1) is 22.2. The first-order valence-electron chi connectivity index (χ1n) is 12.8. The van der Waals surface area contributed by atoms with E-state index in [1.807, 2.05) is 0 Å². The number of fused-ring (bicyclic) bond motifs is 1. The van der Waals surface area contributed by atoms with Crippen molar-refractivity contribution in [1.82, 2.24) is 4.90 Å². The highest BCUT2D eigenvalue weighted by Gasteiger charge is 2.33. The van der Waals surface area contributed by atoms with E-state index in [1.165, 1.54) is 41.8 Å². The summed E-state index contributed by atoms with van der Waals surface area (Å²) in [5, 5.41) is 0. The lowest BCUT2D eigenvalue weighted by atomic mass is 9.83. The van der Waals surface area contributed by atoms with Crippen molar-refractivity contribution < 1.29 is 0 Å². The maximum Gasteiger partial charge on any atom is 0.0370 e. The molecule has 0 bridgehead atoms. The number of nitrogens with zero attached hydrogens (tertiary/aromatic N) is 2. The van der Waals surface area contributed by atoms with Gasteiger partial charge in [0.2, 0.25) is 0 Å². The molecule has 3 unspecified atom stereocenters. The van der Waals surface area contributed by atoms with Crippen LogP contribution in [0.3, 0.4) is 0 Å². The van der Waals surface area contributed by atoms with Crippen LogP contribution in [-0.4, -0.2) is 30.1 Å². The first-order chi connectivity index (χ1) is 16.2. The fraction of sp³-hybridized carbons (Fsp3) is 0.419. The lowest BCUT2D eigenvalue weighted by Gasteiger charge is -2.44. The molecule has 3 aromatic rings. The van der Waals surface area contributed by atoms with Gasteiger partial charge in [0.1, 0.15) is 0 Å². The molecular formula is C31H38N2. The Kier molecular flexibility index (Phi) is 6.83. The summed E-state index contributed by atoms with van der Waals surface area (Å²) >= 11 is 0.